The lowest BCUT2D eigenvalue weighted by Gasteiger charge is -2.39. The minimum absolute atomic E-state index is 0.0928. The fraction of sp³-hybridized carbons (Fsp3) is 0.625. The molecule has 114 valence electrons. The van der Waals surface area contributed by atoms with Gasteiger partial charge in [-0.3, -0.25) is 0 Å². The number of methoxy groups -OCH3 is 2. The van der Waals surface area contributed by atoms with Gasteiger partial charge in [-0.15, -0.1) is 0 Å². The summed E-state index contributed by atoms with van der Waals surface area (Å²) in [5.41, 5.74) is 1.13. The minimum atomic E-state index is -0.583. The van der Waals surface area contributed by atoms with E-state index in [4.69, 9.17) is 23.7 Å². The molecule has 2 aliphatic heterocycles. The van der Waals surface area contributed by atoms with Gasteiger partial charge in [0.05, 0.1) is 27.4 Å². The van der Waals surface area contributed by atoms with Crippen molar-refractivity contribution in [1.29, 1.82) is 0 Å². The molecule has 5 nitrogen and oxygen atoms in total. The molecule has 1 aliphatic carbocycles. The van der Waals surface area contributed by atoms with Crippen LogP contribution in [0.15, 0.2) is 12.1 Å². The van der Waals surface area contributed by atoms with E-state index in [2.05, 4.69) is 0 Å². The molecule has 3 aliphatic rings. The van der Waals surface area contributed by atoms with Gasteiger partial charge in [0, 0.05) is 30.0 Å². The van der Waals surface area contributed by atoms with Crippen LogP contribution in [0, 0.1) is 0 Å². The topological polar surface area (TPSA) is 46.2 Å². The molecule has 2 fully saturated rings. The molecule has 2 heterocycles. The van der Waals surface area contributed by atoms with Crippen LogP contribution >= 0.6 is 0 Å². The maximum atomic E-state index is 6.22. The summed E-state index contributed by atoms with van der Waals surface area (Å²) in [4.78, 5) is 0. The van der Waals surface area contributed by atoms with Gasteiger partial charge in [-0.05, 0) is 12.8 Å². The van der Waals surface area contributed by atoms with Crippen molar-refractivity contribution in [3.05, 3.63) is 17.7 Å². The summed E-state index contributed by atoms with van der Waals surface area (Å²) in [7, 11) is 3.33. The summed E-state index contributed by atoms with van der Waals surface area (Å²) in [5.74, 6) is 2.08. The summed E-state index contributed by atoms with van der Waals surface area (Å²) >= 11 is 0. The van der Waals surface area contributed by atoms with Crippen molar-refractivity contribution in [2.75, 3.05) is 27.4 Å². The first-order chi connectivity index (χ1) is 10.3. The molecule has 0 unspecified atom stereocenters. The number of fused-ring (bicyclic) bond motifs is 4. The van der Waals surface area contributed by atoms with E-state index in [1.807, 2.05) is 12.1 Å². The average Bonchev–Trinajstić information content (AvgIpc) is 3.12. The molecule has 5 heteroatoms. The predicted octanol–water partition coefficient (Wildman–Crippen LogP) is 2.48. The van der Waals surface area contributed by atoms with Crippen LogP contribution in [0.4, 0.5) is 0 Å². The molecule has 1 saturated carbocycles. The Bertz CT molecular complexity index is 550. The van der Waals surface area contributed by atoms with Gasteiger partial charge in [0.15, 0.2) is 6.10 Å². The predicted molar refractivity (Wildman–Crippen MR) is 75.2 cm³/mol. The highest BCUT2D eigenvalue weighted by atomic mass is 16.8. The summed E-state index contributed by atoms with van der Waals surface area (Å²) in [6.45, 7) is 1.28. The zero-order chi connectivity index (χ0) is 14.4. The Labute approximate surface area is 124 Å². The lowest BCUT2D eigenvalue weighted by Crippen LogP contribution is -2.50. The highest BCUT2D eigenvalue weighted by Gasteiger charge is 2.56. The van der Waals surface area contributed by atoms with Gasteiger partial charge in [-0.1, -0.05) is 0 Å². The molecule has 0 bridgehead atoms. The Morgan fingerprint density at radius 2 is 1.95 bits per heavy atom. The summed E-state index contributed by atoms with van der Waals surface area (Å²) in [5, 5.41) is 0. The van der Waals surface area contributed by atoms with Gasteiger partial charge in [0.2, 0.25) is 5.79 Å². The van der Waals surface area contributed by atoms with Crippen molar-refractivity contribution in [3.63, 3.8) is 0 Å². The second kappa shape index (κ2) is 4.78. The fourth-order valence-corrected chi connectivity index (χ4v) is 3.88. The van der Waals surface area contributed by atoms with Crippen molar-refractivity contribution in [2.24, 2.45) is 0 Å². The molecule has 1 spiro atoms. The number of hydrogen-bond donors (Lipinski definition) is 0. The molecule has 2 atom stereocenters. The normalized spacial score (nSPS) is 28.9. The van der Waals surface area contributed by atoms with Crippen molar-refractivity contribution in [1.82, 2.24) is 0 Å². The molecule has 1 aromatic rings. The Hall–Kier alpha value is -1.46. The third kappa shape index (κ3) is 1.84. The molecule has 0 radical (unpaired) electrons. The highest BCUT2D eigenvalue weighted by Crippen LogP contribution is 2.55. The van der Waals surface area contributed by atoms with E-state index in [0.717, 1.165) is 42.1 Å². The Morgan fingerprint density at radius 3 is 2.67 bits per heavy atom. The summed E-state index contributed by atoms with van der Waals surface area (Å²) in [6, 6.07) is 3.85. The first-order valence-electron chi connectivity index (χ1n) is 7.48. The molecule has 0 aromatic heterocycles. The number of benzene rings is 1. The van der Waals surface area contributed by atoms with Gasteiger partial charge in [0.25, 0.3) is 0 Å². The third-order valence-corrected chi connectivity index (χ3v) is 4.77. The van der Waals surface area contributed by atoms with Crippen LogP contribution in [0.1, 0.15) is 30.7 Å². The molecular formula is C16H20O5. The molecule has 21 heavy (non-hydrogen) atoms. The van der Waals surface area contributed by atoms with Crippen LogP contribution in [-0.4, -0.2) is 39.3 Å². The summed E-state index contributed by atoms with van der Waals surface area (Å²) in [6.07, 6.45) is 2.93. The zero-order valence-corrected chi connectivity index (χ0v) is 12.4. The molecule has 4 rings (SSSR count). The molecule has 1 saturated heterocycles. The summed E-state index contributed by atoms with van der Waals surface area (Å²) < 4.78 is 29.0. The number of ether oxygens (including phenoxy) is 5. The van der Waals surface area contributed by atoms with E-state index in [-0.39, 0.29) is 12.0 Å². The highest BCUT2D eigenvalue weighted by molar-refractivity contribution is 5.55. The number of hydrogen-bond acceptors (Lipinski definition) is 5. The molecule has 1 aromatic carbocycles. The van der Waals surface area contributed by atoms with Crippen LogP contribution in [0.25, 0.3) is 0 Å². The maximum Gasteiger partial charge on any atom is 0.206 e. The second-order valence-corrected chi connectivity index (χ2v) is 5.79. The average molecular weight is 292 g/mol. The third-order valence-electron chi connectivity index (χ3n) is 4.77. The Balaban J connectivity index is 1.77. The van der Waals surface area contributed by atoms with E-state index in [9.17, 15) is 0 Å². The molecule has 0 N–H and O–H groups in total. The van der Waals surface area contributed by atoms with Crippen LogP contribution in [0.3, 0.4) is 0 Å². The largest absolute Gasteiger partial charge is 0.496 e. The standard InChI is InChI=1S/C16H20O5/c1-17-10-8-12(18-2)14-11-4-3-5-16(19-6-7-20-16)15(11)21-13(14)9-10/h8-9,11,15H,3-7H2,1-2H3/t11-,15+/m0/s1. The van der Waals surface area contributed by atoms with Gasteiger partial charge in [-0.25, -0.2) is 0 Å². The van der Waals surface area contributed by atoms with Crippen LogP contribution < -0.4 is 14.2 Å². The Kier molecular flexibility index (Phi) is 3.01. The van der Waals surface area contributed by atoms with E-state index in [0.29, 0.717) is 13.2 Å². The van der Waals surface area contributed by atoms with Crippen molar-refractivity contribution < 1.29 is 23.7 Å². The minimum Gasteiger partial charge on any atom is -0.496 e. The van der Waals surface area contributed by atoms with Crippen LogP contribution in [-0.2, 0) is 9.47 Å². The van der Waals surface area contributed by atoms with E-state index < -0.39 is 5.79 Å². The fourth-order valence-electron chi connectivity index (χ4n) is 3.88. The van der Waals surface area contributed by atoms with E-state index in [1.165, 1.54) is 0 Å². The van der Waals surface area contributed by atoms with Gasteiger partial charge < -0.3 is 23.7 Å². The van der Waals surface area contributed by atoms with E-state index in [1.54, 1.807) is 14.2 Å². The monoisotopic (exact) mass is 292 g/mol. The van der Waals surface area contributed by atoms with Gasteiger partial charge >= 0.3 is 0 Å². The molecule has 0 amide bonds. The second-order valence-electron chi connectivity index (χ2n) is 5.79. The zero-order valence-electron chi connectivity index (χ0n) is 12.4. The van der Waals surface area contributed by atoms with Gasteiger partial charge in [-0.2, -0.15) is 0 Å². The SMILES string of the molecule is COc1cc(OC)c2c(c1)O[C@@H]1[C@H]2CCCC12OCCO2. The van der Waals surface area contributed by atoms with Gasteiger partial charge in [0.1, 0.15) is 17.2 Å². The lowest BCUT2D eigenvalue weighted by atomic mass is 9.79. The lowest BCUT2D eigenvalue weighted by molar-refractivity contribution is -0.228. The Morgan fingerprint density at radius 1 is 1.14 bits per heavy atom. The smallest absolute Gasteiger partial charge is 0.206 e. The number of rotatable bonds is 2. The molecular weight excluding hydrogens is 272 g/mol. The maximum absolute atomic E-state index is 6.22. The first-order valence-corrected chi connectivity index (χ1v) is 7.48. The van der Waals surface area contributed by atoms with Crippen LogP contribution in [0.5, 0.6) is 17.2 Å². The van der Waals surface area contributed by atoms with Crippen molar-refractivity contribution in [3.8, 4) is 17.2 Å². The quantitative estimate of drug-likeness (QED) is 0.838. The van der Waals surface area contributed by atoms with Crippen molar-refractivity contribution in [2.45, 2.75) is 37.1 Å². The van der Waals surface area contributed by atoms with E-state index >= 15 is 0 Å². The van der Waals surface area contributed by atoms with Crippen molar-refractivity contribution >= 4 is 0 Å². The first kappa shape index (κ1) is 13.2. The van der Waals surface area contributed by atoms with Crippen LogP contribution in [0.2, 0.25) is 0 Å².